The number of quaternary nitrogens is 2. The Morgan fingerprint density at radius 3 is 2.23 bits per heavy atom. The molecular weight excluding hydrogens is 392 g/mol. The number of hydrogen-bond acceptors (Lipinski definition) is 4. The van der Waals surface area contributed by atoms with Crippen molar-refractivity contribution in [1.82, 2.24) is 9.88 Å². The molecule has 3 heterocycles. The summed E-state index contributed by atoms with van der Waals surface area (Å²) in [6.07, 6.45) is 5.93. The van der Waals surface area contributed by atoms with Crippen LogP contribution in [0, 0.1) is 0 Å². The number of nitrogens with one attached hydrogen (secondary N) is 2. The van der Waals surface area contributed by atoms with Gasteiger partial charge in [0.2, 0.25) is 0 Å². The van der Waals surface area contributed by atoms with E-state index in [-0.39, 0.29) is 12.5 Å². The topological polar surface area (TPSA) is 60.5 Å². The number of rotatable bonds is 8. The summed E-state index contributed by atoms with van der Waals surface area (Å²) < 4.78 is 11.3. The number of nitrogens with zero attached hydrogens (tertiary/aromatic N) is 2. The molecule has 0 bridgehead atoms. The van der Waals surface area contributed by atoms with Gasteiger partial charge >= 0.3 is 0 Å². The van der Waals surface area contributed by atoms with E-state index < -0.39 is 0 Å². The number of hydrogen-bond donors (Lipinski definition) is 2. The van der Waals surface area contributed by atoms with Crippen LogP contribution in [0.3, 0.4) is 0 Å². The standard InChI is InChI=1S/C24H32N4O3/c1-30-23-16-21(4-5-22(23)31-19-24(29)28-10-2-3-11-28)18-27-14-12-26(13-15-27)17-20-6-8-25-9-7-20/h4-9,16H,2-3,10-15,17-19H2,1H3/p+2. The van der Waals surface area contributed by atoms with Crippen molar-refractivity contribution >= 4 is 5.91 Å². The Balaban J connectivity index is 1.26. The van der Waals surface area contributed by atoms with Crippen LogP contribution in [0.25, 0.3) is 0 Å². The minimum Gasteiger partial charge on any atom is -0.493 e. The van der Waals surface area contributed by atoms with Crippen molar-refractivity contribution in [2.45, 2.75) is 25.9 Å². The first kappa shape index (κ1) is 21.6. The van der Waals surface area contributed by atoms with Crippen molar-refractivity contribution < 1.29 is 24.1 Å². The van der Waals surface area contributed by atoms with Gasteiger partial charge in [-0.15, -0.1) is 0 Å². The molecule has 2 saturated heterocycles. The van der Waals surface area contributed by atoms with Gasteiger partial charge < -0.3 is 24.2 Å². The maximum Gasteiger partial charge on any atom is 0.260 e. The highest BCUT2D eigenvalue weighted by atomic mass is 16.5. The molecule has 7 heteroatoms. The third-order valence-electron chi connectivity index (χ3n) is 6.36. The fraction of sp³-hybridized carbons (Fsp3) is 0.500. The van der Waals surface area contributed by atoms with Gasteiger partial charge in [-0.25, -0.2) is 0 Å². The predicted molar refractivity (Wildman–Crippen MR) is 117 cm³/mol. The smallest absolute Gasteiger partial charge is 0.260 e. The van der Waals surface area contributed by atoms with Crippen molar-refractivity contribution in [3.63, 3.8) is 0 Å². The van der Waals surface area contributed by atoms with Crippen LogP contribution < -0.4 is 19.3 Å². The van der Waals surface area contributed by atoms with E-state index in [1.54, 1.807) is 16.9 Å². The Hall–Kier alpha value is -2.64. The molecule has 0 unspecified atom stereocenters. The number of aromatic nitrogens is 1. The number of amides is 1. The van der Waals surface area contributed by atoms with Crippen molar-refractivity contribution in [2.24, 2.45) is 0 Å². The number of likely N-dealkylation sites (tertiary alicyclic amines) is 1. The molecule has 2 aliphatic heterocycles. The summed E-state index contributed by atoms with van der Waals surface area (Å²) in [5, 5.41) is 0. The Morgan fingerprint density at radius 1 is 0.935 bits per heavy atom. The van der Waals surface area contributed by atoms with Gasteiger partial charge in [-0.05, 0) is 43.2 Å². The fourth-order valence-corrected chi connectivity index (χ4v) is 4.53. The molecule has 0 atom stereocenters. The zero-order valence-electron chi connectivity index (χ0n) is 18.4. The number of piperazine rings is 1. The molecule has 0 radical (unpaired) electrons. The van der Waals surface area contributed by atoms with E-state index in [4.69, 9.17) is 9.47 Å². The van der Waals surface area contributed by atoms with Crippen molar-refractivity contribution in [2.75, 3.05) is 53.0 Å². The number of methoxy groups -OCH3 is 1. The van der Waals surface area contributed by atoms with Crippen LogP contribution in [-0.2, 0) is 17.9 Å². The molecule has 1 amide bonds. The molecule has 1 aromatic carbocycles. The lowest BCUT2D eigenvalue weighted by atomic mass is 10.1. The van der Waals surface area contributed by atoms with Crippen LogP contribution in [0.15, 0.2) is 42.7 Å². The van der Waals surface area contributed by atoms with E-state index in [0.717, 1.165) is 52.1 Å². The van der Waals surface area contributed by atoms with Gasteiger partial charge in [-0.3, -0.25) is 9.78 Å². The Morgan fingerprint density at radius 2 is 1.58 bits per heavy atom. The fourth-order valence-electron chi connectivity index (χ4n) is 4.53. The normalized spacial score (nSPS) is 21.1. The Bertz CT molecular complexity index is 847. The molecule has 0 spiro atoms. The third kappa shape index (κ3) is 5.95. The van der Waals surface area contributed by atoms with Crippen molar-refractivity contribution in [1.29, 1.82) is 0 Å². The summed E-state index contributed by atoms with van der Waals surface area (Å²) in [7, 11) is 1.66. The first-order valence-corrected chi connectivity index (χ1v) is 11.3. The second-order valence-electron chi connectivity index (χ2n) is 8.57. The van der Waals surface area contributed by atoms with Crippen molar-refractivity contribution in [3.05, 3.63) is 53.9 Å². The van der Waals surface area contributed by atoms with Crippen LogP contribution in [0.1, 0.15) is 24.0 Å². The monoisotopic (exact) mass is 426 g/mol. The van der Waals surface area contributed by atoms with Crippen LogP contribution >= 0.6 is 0 Å². The highest BCUT2D eigenvalue weighted by molar-refractivity contribution is 5.78. The second kappa shape index (κ2) is 10.6. The minimum absolute atomic E-state index is 0.0558. The molecule has 1 aromatic heterocycles. The zero-order chi connectivity index (χ0) is 21.5. The van der Waals surface area contributed by atoms with E-state index in [2.05, 4.69) is 29.2 Å². The second-order valence-corrected chi connectivity index (χ2v) is 8.57. The molecule has 0 aliphatic carbocycles. The summed E-state index contributed by atoms with van der Waals surface area (Å²) in [5.74, 6) is 1.40. The number of carbonyl (C=O) groups excluding carboxylic acids is 1. The molecular formula is C24H34N4O3+2. The minimum atomic E-state index is 0.0558. The predicted octanol–water partition coefficient (Wildman–Crippen LogP) is -0.425. The maximum absolute atomic E-state index is 12.2. The molecule has 7 nitrogen and oxygen atoms in total. The van der Waals surface area contributed by atoms with Crippen LogP contribution in [0.5, 0.6) is 11.5 Å². The van der Waals surface area contributed by atoms with E-state index in [1.807, 2.05) is 23.4 Å². The van der Waals surface area contributed by atoms with E-state index in [1.165, 1.54) is 24.2 Å². The average molecular weight is 427 g/mol. The van der Waals surface area contributed by atoms with Gasteiger partial charge in [0.1, 0.15) is 39.3 Å². The van der Waals surface area contributed by atoms with Gasteiger partial charge in [0.05, 0.1) is 7.11 Å². The molecule has 0 saturated carbocycles. The lowest BCUT2D eigenvalue weighted by molar-refractivity contribution is -1.02. The highest BCUT2D eigenvalue weighted by Crippen LogP contribution is 2.28. The molecule has 4 rings (SSSR count). The number of ether oxygens (including phenoxy) is 2. The van der Waals surface area contributed by atoms with Crippen molar-refractivity contribution in [3.8, 4) is 11.5 Å². The third-order valence-corrected chi connectivity index (χ3v) is 6.36. The molecule has 2 aromatic rings. The Kier molecular flexibility index (Phi) is 7.38. The van der Waals surface area contributed by atoms with Gasteiger partial charge in [-0.2, -0.15) is 0 Å². The zero-order valence-corrected chi connectivity index (χ0v) is 18.4. The first-order valence-electron chi connectivity index (χ1n) is 11.3. The molecule has 2 aliphatic rings. The highest BCUT2D eigenvalue weighted by Gasteiger charge is 2.24. The summed E-state index contributed by atoms with van der Waals surface area (Å²) in [6.45, 7) is 8.48. The number of benzene rings is 1. The quantitative estimate of drug-likeness (QED) is 0.602. The maximum atomic E-state index is 12.2. The summed E-state index contributed by atoms with van der Waals surface area (Å²) in [5.41, 5.74) is 2.60. The van der Waals surface area contributed by atoms with E-state index in [9.17, 15) is 4.79 Å². The average Bonchev–Trinajstić information content (AvgIpc) is 3.35. The lowest BCUT2D eigenvalue weighted by Crippen LogP contribution is -3.27. The Labute approximate surface area is 184 Å². The van der Waals surface area contributed by atoms with Gasteiger partial charge in [0, 0.05) is 36.6 Å². The molecule has 2 N–H and O–H groups in total. The van der Waals surface area contributed by atoms with Crippen LogP contribution in [0.4, 0.5) is 0 Å². The van der Waals surface area contributed by atoms with Gasteiger partial charge in [0.25, 0.3) is 5.91 Å². The summed E-state index contributed by atoms with van der Waals surface area (Å²) in [6, 6.07) is 10.3. The lowest BCUT2D eigenvalue weighted by Gasteiger charge is -2.30. The van der Waals surface area contributed by atoms with Gasteiger partial charge in [-0.1, -0.05) is 0 Å². The van der Waals surface area contributed by atoms with E-state index in [0.29, 0.717) is 11.5 Å². The van der Waals surface area contributed by atoms with Gasteiger partial charge in [0.15, 0.2) is 18.1 Å². The first-order chi connectivity index (χ1) is 15.2. The molecule has 2 fully saturated rings. The SMILES string of the molecule is COc1cc(C[NH+]2CC[NH+](Cc3ccncc3)CC2)ccc1OCC(=O)N1CCCC1. The largest absolute Gasteiger partial charge is 0.493 e. The number of pyridine rings is 1. The van der Waals surface area contributed by atoms with Crippen LogP contribution in [0.2, 0.25) is 0 Å². The van der Waals surface area contributed by atoms with Crippen LogP contribution in [-0.4, -0.2) is 68.8 Å². The number of carbonyl (C=O) groups is 1. The van der Waals surface area contributed by atoms with E-state index >= 15 is 0 Å². The molecule has 166 valence electrons. The summed E-state index contributed by atoms with van der Waals surface area (Å²) >= 11 is 0. The molecule has 31 heavy (non-hydrogen) atoms. The summed E-state index contributed by atoms with van der Waals surface area (Å²) in [4.78, 5) is 21.5.